The Labute approximate surface area is 68.8 Å². The quantitative estimate of drug-likeness (QED) is 0.682. The molecule has 1 aromatic heterocycles. The number of rotatable bonds is 2. The van der Waals surface area contributed by atoms with Crippen LogP contribution in [0.3, 0.4) is 0 Å². The molecule has 11 heavy (non-hydrogen) atoms. The maximum Gasteiger partial charge on any atom is 0.145 e. The number of hydrogen-bond acceptors (Lipinski definition) is 2. The Hall–Kier alpha value is -0.833. The Morgan fingerprint density at radius 3 is 2.45 bits per heavy atom. The van der Waals surface area contributed by atoms with Crippen molar-refractivity contribution in [2.45, 2.75) is 19.6 Å². The average molecular weight is 166 g/mol. The maximum absolute atomic E-state index is 4.19. The lowest BCUT2D eigenvalue weighted by Gasteiger charge is -2.18. The topological polar surface area (TPSA) is 24.9 Å². The molecule has 0 aliphatic heterocycles. The van der Waals surface area contributed by atoms with Crippen LogP contribution in [-0.2, 0) is 0 Å². The molecule has 0 saturated heterocycles. The van der Waals surface area contributed by atoms with Crippen LogP contribution in [0.25, 0.3) is 0 Å². The van der Waals surface area contributed by atoms with E-state index in [0.717, 1.165) is 5.82 Å². The largest absolute Gasteiger partial charge is 0.396 e. The SMILES string of the molecule is C[Si](C)(C)Nc1ccccn1. The van der Waals surface area contributed by atoms with Crippen molar-refractivity contribution < 1.29 is 0 Å². The molecular formula is C8H14N2Si. The Kier molecular flexibility index (Phi) is 2.29. The van der Waals surface area contributed by atoms with Gasteiger partial charge in [0, 0.05) is 6.20 Å². The maximum atomic E-state index is 4.19. The fraction of sp³-hybridized carbons (Fsp3) is 0.375. The lowest BCUT2D eigenvalue weighted by atomic mass is 10.5. The van der Waals surface area contributed by atoms with E-state index in [-0.39, 0.29) is 0 Å². The molecule has 1 N–H and O–H groups in total. The molecule has 0 aliphatic rings. The molecule has 1 heterocycles. The van der Waals surface area contributed by atoms with E-state index in [1.807, 2.05) is 24.4 Å². The molecular weight excluding hydrogens is 152 g/mol. The van der Waals surface area contributed by atoms with Gasteiger partial charge >= 0.3 is 0 Å². The molecule has 0 spiro atoms. The molecule has 0 unspecified atom stereocenters. The summed E-state index contributed by atoms with van der Waals surface area (Å²) in [7, 11) is -1.21. The molecule has 0 bridgehead atoms. The number of pyridine rings is 1. The summed E-state index contributed by atoms with van der Waals surface area (Å²) in [4.78, 5) is 7.60. The molecule has 1 aromatic rings. The van der Waals surface area contributed by atoms with Gasteiger partial charge in [-0.25, -0.2) is 4.98 Å². The van der Waals surface area contributed by atoms with E-state index in [9.17, 15) is 0 Å². The predicted molar refractivity (Wildman–Crippen MR) is 51.2 cm³/mol. The summed E-state index contributed by atoms with van der Waals surface area (Å²) < 4.78 is 0. The highest BCUT2D eigenvalue weighted by atomic mass is 28.3. The summed E-state index contributed by atoms with van der Waals surface area (Å²) >= 11 is 0. The number of nitrogens with one attached hydrogen (secondary N) is 1. The van der Waals surface area contributed by atoms with Gasteiger partial charge in [-0.05, 0) is 12.1 Å². The van der Waals surface area contributed by atoms with Crippen molar-refractivity contribution in [1.29, 1.82) is 0 Å². The van der Waals surface area contributed by atoms with Crippen LogP contribution < -0.4 is 4.98 Å². The third-order valence-corrected chi connectivity index (χ3v) is 2.17. The van der Waals surface area contributed by atoms with Crippen LogP contribution in [0.4, 0.5) is 5.82 Å². The van der Waals surface area contributed by atoms with Crippen molar-refractivity contribution in [3.63, 3.8) is 0 Å². The Balaban J connectivity index is 2.66. The summed E-state index contributed by atoms with van der Waals surface area (Å²) in [5, 5.41) is 0. The van der Waals surface area contributed by atoms with Gasteiger partial charge in [-0.2, -0.15) is 0 Å². The molecule has 0 atom stereocenters. The third-order valence-electron chi connectivity index (χ3n) is 1.17. The fourth-order valence-electron chi connectivity index (χ4n) is 0.821. The highest BCUT2D eigenvalue weighted by Crippen LogP contribution is 2.07. The van der Waals surface area contributed by atoms with Crippen molar-refractivity contribution >= 4 is 14.1 Å². The molecule has 0 amide bonds. The van der Waals surface area contributed by atoms with E-state index < -0.39 is 8.24 Å². The number of anilines is 1. The zero-order valence-electron chi connectivity index (χ0n) is 7.26. The standard InChI is InChI=1S/C8H14N2Si/c1-11(2,3)10-8-6-4-5-7-9-8/h4-7H,1-3H3,(H,9,10). The normalized spacial score (nSPS) is 11.2. The second-order valence-electron chi connectivity index (χ2n) is 3.59. The van der Waals surface area contributed by atoms with Crippen molar-refractivity contribution in [2.24, 2.45) is 0 Å². The molecule has 3 heteroatoms. The van der Waals surface area contributed by atoms with E-state index in [0.29, 0.717) is 0 Å². The molecule has 2 nitrogen and oxygen atoms in total. The summed E-state index contributed by atoms with van der Waals surface area (Å²) in [5.41, 5.74) is 0. The van der Waals surface area contributed by atoms with E-state index in [2.05, 4.69) is 29.6 Å². The van der Waals surface area contributed by atoms with Gasteiger partial charge in [-0.3, -0.25) is 0 Å². The zero-order valence-corrected chi connectivity index (χ0v) is 8.26. The van der Waals surface area contributed by atoms with Gasteiger partial charge in [0.15, 0.2) is 0 Å². The van der Waals surface area contributed by atoms with Gasteiger partial charge in [0.25, 0.3) is 0 Å². The lowest BCUT2D eigenvalue weighted by molar-refractivity contribution is 1.32. The predicted octanol–water partition coefficient (Wildman–Crippen LogP) is 2.33. The first-order chi connectivity index (χ1) is 5.08. The summed E-state index contributed by atoms with van der Waals surface area (Å²) in [6.07, 6.45) is 1.81. The first-order valence-corrected chi connectivity index (χ1v) is 7.27. The first-order valence-electron chi connectivity index (χ1n) is 3.77. The molecule has 0 aromatic carbocycles. The van der Waals surface area contributed by atoms with Gasteiger partial charge in [0.1, 0.15) is 14.1 Å². The minimum atomic E-state index is -1.21. The van der Waals surface area contributed by atoms with Crippen molar-refractivity contribution in [3.8, 4) is 0 Å². The van der Waals surface area contributed by atoms with Crippen LogP contribution in [0.15, 0.2) is 24.4 Å². The van der Waals surface area contributed by atoms with Gasteiger partial charge in [0.05, 0.1) is 0 Å². The van der Waals surface area contributed by atoms with Crippen molar-refractivity contribution in [2.75, 3.05) is 4.98 Å². The minimum Gasteiger partial charge on any atom is -0.396 e. The van der Waals surface area contributed by atoms with Crippen LogP contribution >= 0.6 is 0 Å². The summed E-state index contributed by atoms with van der Waals surface area (Å²) in [6.45, 7) is 6.76. The lowest BCUT2D eigenvalue weighted by Crippen LogP contribution is -2.32. The molecule has 1 rings (SSSR count). The van der Waals surface area contributed by atoms with Gasteiger partial charge in [-0.1, -0.05) is 25.7 Å². The van der Waals surface area contributed by atoms with Gasteiger partial charge < -0.3 is 4.98 Å². The van der Waals surface area contributed by atoms with E-state index in [1.165, 1.54) is 0 Å². The third kappa shape index (κ3) is 3.18. The Morgan fingerprint density at radius 1 is 1.27 bits per heavy atom. The number of hydrogen-bond donors (Lipinski definition) is 1. The second-order valence-corrected chi connectivity index (χ2v) is 8.34. The smallest absolute Gasteiger partial charge is 0.145 e. The molecule has 0 radical (unpaired) electrons. The number of nitrogens with zero attached hydrogens (tertiary/aromatic N) is 1. The van der Waals surface area contributed by atoms with E-state index in [4.69, 9.17) is 0 Å². The Bertz CT molecular complexity index is 215. The van der Waals surface area contributed by atoms with Crippen molar-refractivity contribution in [3.05, 3.63) is 24.4 Å². The first kappa shape index (κ1) is 8.27. The Morgan fingerprint density at radius 2 is 2.00 bits per heavy atom. The van der Waals surface area contributed by atoms with Crippen LogP contribution in [0, 0.1) is 0 Å². The van der Waals surface area contributed by atoms with Crippen molar-refractivity contribution in [1.82, 2.24) is 4.98 Å². The van der Waals surface area contributed by atoms with Crippen LogP contribution in [0.2, 0.25) is 19.6 Å². The average Bonchev–Trinajstić information content (AvgIpc) is 1.85. The minimum absolute atomic E-state index is 0.992. The summed E-state index contributed by atoms with van der Waals surface area (Å²) in [5.74, 6) is 0.992. The zero-order chi connectivity index (χ0) is 8.32. The van der Waals surface area contributed by atoms with Crippen LogP contribution in [0.1, 0.15) is 0 Å². The van der Waals surface area contributed by atoms with E-state index in [1.54, 1.807) is 0 Å². The summed E-state index contributed by atoms with van der Waals surface area (Å²) in [6, 6.07) is 5.92. The van der Waals surface area contributed by atoms with Crippen LogP contribution in [0.5, 0.6) is 0 Å². The molecule has 0 aliphatic carbocycles. The van der Waals surface area contributed by atoms with Gasteiger partial charge in [-0.15, -0.1) is 0 Å². The van der Waals surface area contributed by atoms with E-state index >= 15 is 0 Å². The number of aromatic nitrogens is 1. The fourth-order valence-corrected chi connectivity index (χ4v) is 1.74. The molecule has 60 valence electrons. The monoisotopic (exact) mass is 166 g/mol. The van der Waals surface area contributed by atoms with Crippen LogP contribution in [-0.4, -0.2) is 13.2 Å². The molecule has 0 saturated carbocycles. The van der Waals surface area contributed by atoms with Gasteiger partial charge in [0.2, 0.25) is 0 Å². The highest BCUT2D eigenvalue weighted by Gasteiger charge is 2.12. The second kappa shape index (κ2) is 3.05. The highest BCUT2D eigenvalue weighted by molar-refractivity contribution is 6.79. The molecule has 0 fully saturated rings.